The molecule has 1 aliphatic rings. The van der Waals surface area contributed by atoms with E-state index in [0.717, 1.165) is 34.9 Å². The van der Waals surface area contributed by atoms with Crippen LogP contribution < -0.4 is 10.1 Å². The number of fused-ring (bicyclic) bond motifs is 1. The first-order valence-corrected chi connectivity index (χ1v) is 6.26. The first kappa shape index (κ1) is 11.4. The predicted molar refractivity (Wildman–Crippen MR) is 73.4 cm³/mol. The number of rotatable bonds is 1. The lowest BCUT2D eigenvalue weighted by Crippen LogP contribution is -2.20. The quantitative estimate of drug-likeness (QED) is 0.852. The molecule has 0 saturated heterocycles. The first-order valence-electron chi connectivity index (χ1n) is 5.88. The summed E-state index contributed by atoms with van der Waals surface area (Å²) in [5.74, 6) is 1.67. The summed E-state index contributed by atoms with van der Waals surface area (Å²) in [6.45, 7) is 3.51. The SMILES string of the molecule is Cc1cc(-c2cccc(Cl)c2)nc2c1OCCN2. The maximum absolute atomic E-state index is 6.01. The fourth-order valence-corrected chi connectivity index (χ4v) is 2.27. The zero-order valence-corrected chi connectivity index (χ0v) is 10.8. The van der Waals surface area contributed by atoms with Crippen LogP contribution in [0.1, 0.15) is 5.56 Å². The van der Waals surface area contributed by atoms with Gasteiger partial charge in [-0.3, -0.25) is 0 Å². The Labute approximate surface area is 111 Å². The van der Waals surface area contributed by atoms with Gasteiger partial charge in [-0.2, -0.15) is 0 Å². The highest BCUT2D eigenvalue weighted by Gasteiger charge is 2.15. The molecule has 0 fully saturated rings. The summed E-state index contributed by atoms with van der Waals surface area (Å²) in [5.41, 5.74) is 3.01. The molecule has 1 aromatic heterocycles. The topological polar surface area (TPSA) is 34.1 Å². The molecule has 0 unspecified atom stereocenters. The minimum Gasteiger partial charge on any atom is -0.488 e. The van der Waals surface area contributed by atoms with Crippen molar-refractivity contribution in [3.63, 3.8) is 0 Å². The van der Waals surface area contributed by atoms with Crippen LogP contribution in [-0.2, 0) is 0 Å². The van der Waals surface area contributed by atoms with Gasteiger partial charge in [0.25, 0.3) is 0 Å². The Morgan fingerprint density at radius 1 is 1.33 bits per heavy atom. The van der Waals surface area contributed by atoms with E-state index in [1.807, 2.05) is 37.3 Å². The fraction of sp³-hybridized carbons (Fsp3) is 0.214. The number of nitrogens with one attached hydrogen (secondary N) is 1. The van der Waals surface area contributed by atoms with Crippen molar-refractivity contribution in [3.8, 4) is 17.0 Å². The zero-order chi connectivity index (χ0) is 12.5. The Hall–Kier alpha value is -1.74. The molecule has 0 spiro atoms. The van der Waals surface area contributed by atoms with Crippen molar-refractivity contribution in [2.75, 3.05) is 18.5 Å². The molecule has 0 atom stereocenters. The van der Waals surface area contributed by atoms with Gasteiger partial charge >= 0.3 is 0 Å². The zero-order valence-electron chi connectivity index (χ0n) is 10.0. The maximum Gasteiger partial charge on any atom is 0.169 e. The van der Waals surface area contributed by atoms with Crippen LogP contribution in [0.5, 0.6) is 5.75 Å². The first-order chi connectivity index (χ1) is 8.74. The Morgan fingerprint density at radius 3 is 3.06 bits per heavy atom. The van der Waals surface area contributed by atoms with E-state index in [1.165, 1.54) is 0 Å². The van der Waals surface area contributed by atoms with E-state index in [2.05, 4.69) is 10.3 Å². The van der Waals surface area contributed by atoms with E-state index < -0.39 is 0 Å². The van der Waals surface area contributed by atoms with Gasteiger partial charge in [0.1, 0.15) is 6.61 Å². The number of pyridine rings is 1. The van der Waals surface area contributed by atoms with Gasteiger partial charge in [0.05, 0.1) is 12.2 Å². The number of benzene rings is 1. The van der Waals surface area contributed by atoms with Crippen LogP contribution in [0.3, 0.4) is 0 Å². The molecule has 18 heavy (non-hydrogen) atoms. The molecule has 0 amide bonds. The summed E-state index contributed by atoms with van der Waals surface area (Å²) in [4.78, 5) is 4.59. The van der Waals surface area contributed by atoms with Crippen molar-refractivity contribution in [1.29, 1.82) is 0 Å². The van der Waals surface area contributed by atoms with E-state index in [9.17, 15) is 0 Å². The van der Waals surface area contributed by atoms with E-state index in [4.69, 9.17) is 16.3 Å². The fourth-order valence-electron chi connectivity index (χ4n) is 2.08. The second-order valence-electron chi connectivity index (χ2n) is 4.29. The van der Waals surface area contributed by atoms with Crippen LogP contribution in [0.15, 0.2) is 30.3 Å². The second-order valence-corrected chi connectivity index (χ2v) is 4.72. The third-order valence-electron chi connectivity index (χ3n) is 2.92. The number of halogens is 1. The van der Waals surface area contributed by atoms with Crippen molar-refractivity contribution in [2.24, 2.45) is 0 Å². The standard InChI is InChI=1S/C14H13ClN2O/c1-9-7-12(10-3-2-4-11(15)8-10)17-14-13(9)18-6-5-16-14/h2-4,7-8H,5-6H2,1H3,(H,16,17). The lowest BCUT2D eigenvalue weighted by molar-refractivity contribution is 0.319. The van der Waals surface area contributed by atoms with Crippen molar-refractivity contribution < 1.29 is 4.74 Å². The number of nitrogens with zero attached hydrogens (tertiary/aromatic N) is 1. The average Bonchev–Trinajstić information content (AvgIpc) is 2.39. The van der Waals surface area contributed by atoms with Crippen LogP contribution >= 0.6 is 11.6 Å². The largest absolute Gasteiger partial charge is 0.488 e. The molecule has 0 saturated carbocycles. The van der Waals surface area contributed by atoms with E-state index in [0.29, 0.717) is 11.6 Å². The molecule has 3 nitrogen and oxygen atoms in total. The average molecular weight is 261 g/mol. The normalized spacial score (nSPS) is 13.4. The highest BCUT2D eigenvalue weighted by molar-refractivity contribution is 6.30. The molecule has 2 heterocycles. The van der Waals surface area contributed by atoms with Crippen LogP contribution in [0, 0.1) is 6.92 Å². The predicted octanol–water partition coefficient (Wildman–Crippen LogP) is 3.51. The van der Waals surface area contributed by atoms with Crippen molar-refractivity contribution in [3.05, 3.63) is 40.9 Å². The molecular weight excluding hydrogens is 248 g/mol. The summed E-state index contributed by atoms with van der Waals surface area (Å²) in [6, 6.07) is 9.73. The number of anilines is 1. The highest BCUT2D eigenvalue weighted by atomic mass is 35.5. The molecule has 3 rings (SSSR count). The summed E-state index contributed by atoms with van der Waals surface area (Å²) < 4.78 is 5.62. The Bertz CT molecular complexity index is 598. The molecule has 1 aliphatic heterocycles. The third-order valence-corrected chi connectivity index (χ3v) is 3.16. The van der Waals surface area contributed by atoms with Gasteiger partial charge in [-0.15, -0.1) is 0 Å². The minimum absolute atomic E-state index is 0.687. The van der Waals surface area contributed by atoms with Gasteiger partial charge in [-0.25, -0.2) is 4.98 Å². The number of ether oxygens (including phenoxy) is 1. The van der Waals surface area contributed by atoms with E-state index >= 15 is 0 Å². The molecular formula is C14H13ClN2O. The van der Waals surface area contributed by atoms with Crippen molar-refractivity contribution in [1.82, 2.24) is 4.98 Å². The summed E-state index contributed by atoms with van der Waals surface area (Å²) >= 11 is 6.01. The highest BCUT2D eigenvalue weighted by Crippen LogP contribution is 2.33. The van der Waals surface area contributed by atoms with Gasteiger partial charge in [-0.05, 0) is 30.7 Å². The van der Waals surface area contributed by atoms with Crippen LogP contribution in [-0.4, -0.2) is 18.1 Å². The monoisotopic (exact) mass is 260 g/mol. The van der Waals surface area contributed by atoms with Crippen molar-refractivity contribution >= 4 is 17.4 Å². The second kappa shape index (κ2) is 4.50. The molecule has 4 heteroatoms. The lowest BCUT2D eigenvalue weighted by atomic mass is 10.1. The minimum atomic E-state index is 0.687. The van der Waals surface area contributed by atoms with Gasteiger partial charge in [-0.1, -0.05) is 23.7 Å². The molecule has 0 bridgehead atoms. The number of aromatic nitrogens is 1. The molecule has 1 N–H and O–H groups in total. The van der Waals surface area contributed by atoms with Crippen molar-refractivity contribution in [2.45, 2.75) is 6.92 Å². The maximum atomic E-state index is 6.01. The van der Waals surface area contributed by atoms with Crippen LogP contribution in [0.2, 0.25) is 5.02 Å². The summed E-state index contributed by atoms with van der Waals surface area (Å²) in [7, 11) is 0. The van der Waals surface area contributed by atoms with E-state index in [1.54, 1.807) is 0 Å². The Balaban J connectivity index is 2.11. The number of hydrogen-bond donors (Lipinski definition) is 1. The molecule has 92 valence electrons. The van der Waals surface area contributed by atoms with E-state index in [-0.39, 0.29) is 0 Å². The van der Waals surface area contributed by atoms with Crippen LogP contribution in [0.25, 0.3) is 11.3 Å². The van der Waals surface area contributed by atoms with Gasteiger partial charge in [0, 0.05) is 10.6 Å². The van der Waals surface area contributed by atoms with Gasteiger partial charge in [0.15, 0.2) is 11.6 Å². The Kier molecular flexibility index (Phi) is 2.84. The number of aryl methyl sites for hydroxylation is 1. The molecule has 0 radical (unpaired) electrons. The molecule has 2 aromatic rings. The van der Waals surface area contributed by atoms with Gasteiger partial charge < -0.3 is 10.1 Å². The van der Waals surface area contributed by atoms with Gasteiger partial charge in [0.2, 0.25) is 0 Å². The third kappa shape index (κ3) is 2.02. The summed E-state index contributed by atoms with van der Waals surface area (Å²) in [5, 5.41) is 3.98. The number of hydrogen-bond acceptors (Lipinski definition) is 3. The summed E-state index contributed by atoms with van der Waals surface area (Å²) in [6.07, 6.45) is 0. The van der Waals surface area contributed by atoms with Crippen LogP contribution in [0.4, 0.5) is 5.82 Å². The smallest absolute Gasteiger partial charge is 0.169 e. The lowest BCUT2D eigenvalue weighted by Gasteiger charge is -2.20. The molecule has 0 aliphatic carbocycles. The molecule has 1 aromatic carbocycles. The Morgan fingerprint density at radius 2 is 2.22 bits per heavy atom.